The number of nitrogens with zero attached hydrogens (tertiary/aromatic N) is 2. The maximum Gasteiger partial charge on any atom is 0.269 e. The number of hydrogen-bond acceptors (Lipinski definition) is 9. The fraction of sp³-hybridized carbons (Fsp3) is 0.400. The summed E-state index contributed by atoms with van der Waals surface area (Å²) in [6, 6.07) is 12.3. The van der Waals surface area contributed by atoms with E-state index < -0.39 is 40.8 Å². The van der Waals surface area contributed by atoms with Gasteiger partial charge in [-0.05, 0) is 30.2 Å². The molecule has 0 radical (unpaired) electrons. The minimum absolute atomic E-state index is 0.114. The van der Waals surface area contributed by atoms with Gasteiger partial charge in [0.25, 0.3) is 5.69 Å². The van der Waals surface area contributed by atoms with Gasteiger partial charge in [0.2, 0.25) is 11.4 Å². The molecule has 0 aliphatic carbocycles. The number of hydrogen-bond donors (Lipinski definition) is 4. The molecule has 5 atom stereocenters. The summed E-state index contributed by atoms with van der Waals surface area (Å²) in [5, 5.41) is 51.7. The lowest BCUT2D eigenvalue weighted by molar-refractivity contribution is -0.384. The molecular weight excluding hydrogens is 432 g/mol. The maximum atomic E-state index is 11.5. The molecule has 2 aromatic rings. The van der Waals surface area contributed by atoms with Crippen molar-refractivity contribution in [3.05, 3.63) is 64.2 Å². The number of benzene rings is 2. The molecule has 31 heavy (non-hydrogen) atoms. The van der Waals surface area contributed by atoms with E-state index in [0.717, 1.165) is 0 Å². The van der Waals surface area contributed by atoms with E-state index >= 15 is 0 Å². The minimum atomic E-state index is -2.58. The second kappa shape index (κ2) is 7.90. The standard InChI is InChI=1S/C20H21ClN2O8/c21-19(26)17(25)20(27,16(11-24)31-18(19)30-14-4-2-1-3-5-14)22-9-8-12-10-13(23(28)29)6-7-15(12)22/h1-7,10,16-18,24-27H,8-9,11H2/t16-,17-,18+,19+,20-/m1/s1. The summed E-state index contributed by atoms with van der Waals surface area (Å²) in [5.41, 5.74) is -1.50. The van der Waals surface area contributed by atoms with Crippen LogP contribution in [0.5, 0.6) is 5.75 Å². The highest BCUT2D eigenvalue weighted by Gasteiger charge is 2.66. The average molecular weight is 453 g/mol. The number of nitro benzene ring substituents is 1. The fourth-order valence-corrected chi connectivity index (χ4v) is 4.31. The van der Waals surface area contributed by atoms with Crippen molar-refractivity contribution in [1.29, 1.82) is 0 Å². The Morgan fingerprint density at radius 1 is 1.26 bits per heavy atom. The Hall–Kier alpha value is -2.47. The van der Waals surface area contributed by atoms with Crippen LogP contribution in [0.4, 0.5) is 11.4 Å². The van der Waals surface area contributed by atoms with Crippen molar-refractivity contribution >= 4 is 23.0 Å². The molecule has 4 rings (SSSR count). The zero-order valence-corrected chi connectivity index (χ0v) is 16.9. The van der Waals surface area contributed by atoms with Gasteiger partial charge in [-0.15, -0.1) is 0 Å². The van der Waals surface area contributed by atoms with Crippen molar-refractivity contribution < 1.29 is 34.8 Å². The molecule has 1 saturated heterocycles. The SMILES string of the molecule is O=[N+]([O-])c1ccc2c(c1)CCN2[C@]1(O)[C@H](O)[C@@](O)(Cl)[C@@H](Oc2ccccc2)O[C@@H]1CO. The van der Waals surface area contributed by atoms with Gasteiger partial charge in [-0.3, -0.25) is 10.1 Å². The van der Waals surface area contributed by atoms with Crippen LogP contribution in [0.2, 0.25) is 0 Å². The maximum absolute atomic E-state index is 11.5. The topological polar surface area (TPSA) is 146 Å². The van der Waals surface area contributed by atoms with Gasteiger partial charge in [0.05, 0.1) is 11.5 Å². The minimum Gasteiger partial charge on any atom is -0.460 e. The molecule has 10 nitrogen and oxygen atoms in total. The van der Waals surface area contributed by atoms with Crippen molar-refractivity contribution in [3.63, 3.8) is 0 Å². The van der Waals surface area contributed by atoms with E-state index in [2.05, 4.69) is 0 Å². The molecule has 2 aliphatic heterocycles. The molecule has 0 aromatic heterocycles. The number of alkyl halides is 1. The Balaban J connectivity index is 1.68. The summed E-state index contributed by atoms with van der Waals surface area (Å²) in [6.45, 7) is -0.588. The van der Waals surface area contributed by atoms with Gasteiger partial charge in [-0.1, -0.05) is 29.8 Å². The number of aliphatic hydroxyl groups excluding tert-OH is 2. The molecule has 11 heteroatoms. The second-order valence-corrected chi connectivity index (χ2v) is 8.06. The van der Waals surface area contributed by atoms with Gasteiger partial charge in [0.15, 0.2) is 11.8 Å². The average Bonchev–Trinajstić information content (AvgIpc) is 3.19. The summed E-state index contributed by atoms with van der Waals surface area (Å²) in [7, 11) is 0. The first-order chi connectivity index (χ1) is 14.7. The lowest BCUT2D eigenvalue weighted by Gasteiger charge is -2.54. The number of nitro groups is 1. The molecule has 166 valence electrons. The fourth-order valence-electron chi connectivity index (χ4n) is 4.05. The normalized spacial score (nSPS) is 32.5. The predicted octanol–water partition coefficient (Wildman–Crippen LogP) is 0.730. The molecule has 0 amide bonds. The molecular formula is C20H21ClN2O8. The van der Waals surface area contributed by atoms with Crippen LogP contribution >= 0.6 is 11.6 Å². The quantitative estimate of drug-likeness (QED) is 0.293. The van der Waals surface area contributed by atoms with Gasteiger partial charge < -0.3 is 34.8 Å². The summed E-state index contributed by atoms with van der Waals surface area (Å²) < 4.78 is 11.2. The zero-order valence-electron chi connectivity index (χ0n) is 16.2. The molecule has 2 aliphatic rings. The summed E-state index contributed by atoms with van der Waals surface area (Å²) in [4.78, 5) is 11.8. The van der Waals surface area contributed by atoms with Crippen molar-refractivity contribution in [2.75, 3.05) is 18.1 Å². The lowest BCUT2D eigenvalue weighted by Crippen LogP contribution is -2.77. The van der Waals surface area contributed by atoms with Crippen molar-refractivity contribution in [2.45, 2.75) is 35.7 Å². The molecule has 0 spiro atoms. The summed E-state index contributed by atoms with van der Waals surface area (Å²) in [6.07, 6.45) is -4.74. The Morgan fingerprint density at radius 2 is 1.97 bits per heavy atom. The predicted molar refractivity (Wildman–Crippen MR) is 109 cm³/mol. The number of non-ortho nitro benzene ring substituents is 1. The number of aliphatic hydroxyl groups is 4. The number of anilines is 1. The third-order valence-electron chi connectivity index (χ3n) is 5.63. The van der Waals surface area contributed by atoms with Crippen LogP contribution < -0.4 is 9.64 Å². The van der Waals surface area contributed by atoms with Gasteiger partial charge in [0, 0.05) is 24.4 Å². The number of fused-ring (bicyclic) bond motifs is 1. The van der Waals surface area contributed by atoms with Crippen LogP contribution in [-0.4, -0.2) is 67.8 Å². The molecule has 4 N–H and O–H groups in total. The Morgan fingerprint density at radius 3 is 2.61 bits per heavy atom. The molecule has 1 fully saturated rings. The van der Waals surface area contributed by atoms with Crippen LogP contribution in [0, 0.1) is 10.1 Å². The van der Waals surface area contributed by atoms with Gasteiger partial charge in [-0.2, -0.15) is 0 Å². The van der Waals surface area contributed by atoms with Crippen molar-refractivity contribution in [2.24, 2.45) is 0 Å². The monoisotopic (exact) mass is 452 g/mol. The highest BCUT2D eigenvalue weighted by atomic mass is 35.5. The summed E-state index contributed by atoms with van der Waals surface area (Å²) >= 11 is 6.22. The van der Waals surface area contributed by atoms with E-state index in [4.69, 9.17) is 21.1 Å². The molecule has 2 aromatic carbocycles. The zero-order chi connectivity index (χ0) is 22.4. The van der Waals surface area contributed by atoms with Gasteiger partial charge in [-0.25, -0.2) is 0 Å². The van der Waals surface area contributed by atoms with Gasteiger partial charge in [0.1, 0.15) is 11.9 Å². The third kappa shape index (κ3) is 3.51. The van der Waals surface area contributed by atoms with Crippen LogP contribution in [0.25, 0.3) is 0 Å². The summed E-state index contributed by atoms with van der Waals surface area (Å²) in [5.74, 6) is 0.291. The molecule has 0 bridgehead atoms. The van der Waals surface area contributed by atoms with Crippen molar-refractivity contribution in [3.8, 4) is 5.75 Å². The van der Waals surface area contributed by atoms with E-state index in [-0.39, 0.29) is 12.2 Å². The molecule has 2 heterocycles. The largest absolute Gasteiger partial charge is 0.460 e. The number of para-hydroxylation sites is 1. The first-order valence-corrected chi connectivity index (χ1v) is 9.92. The van der Waals surface area contributed by atoms with E-state index in [0.29, 0.717) is 23.4 Å². The Labute approximate surface area is 182 Å². The van der Waals surface area contributed by atoms with Crippen LogP contribution in [0.3, 0.4) is 0 Å². The third-order valence-corrected chi connectivity index (χ3v) is 6.02. The number of ether oxygens (including phenoxy) is 2. The first-order valence-electron chi connectivity index (χ1n) is 9.54. The second-order valence-electron chi connectivity index (χ2n) is 7.46. The van der Waals surface area contributed by atoms with Gasteiger partial charge >= 0.3 is 0 Å². The number of rotatable bonds is 5. The Bertz CT molecular complexity index is 975. The highest BCUT2D eigenvalue weighted by molar-refractivity contribution is 6.23. The van der Waals surface area contributed by atoms with E-state index in [9.17, 15) is 30.5 Å². The van der Waals surface area contributed by atoms with E-state index in [1.807, 2.05) is 0 Å². The van der Waals surface area contributed by atoms with Crippen LogP contribution in [-0.2, 0) is 11.2 Å². The Kier molecular flexibility index (Phi) is 5.54. The lowest BCUT2D eigenvalue weighted by atomic mass is 9.89. The van der Waals surface area contributed by atoms with E-state index in [1.54, 1.807) is 30.3 Å². The number of halogens is 1. The molecule has 0 unspecified atom stereocenters. The van der Waals surface area contributed by atoms with Crippen molar-refractivity contribution in [1.82, 2.24) is 0 Å². The van der Waals surface area contributed by atoms with Crippen LogP contribution in [0.1, 0.15) is 5.56 Å². The first kappa shape index (κ1) is 21.8. The highest BCUT2D eigenvalue weighted by Crippen LogP contribution is 2.46. The molecule has 0 saturated carbocycles. The van der Waals surface area contributed by atoms with Crippen LogP contribution in [0.15, 0.2) is 48.5 Å². The van der Waals surface area contributed by atoms with E-state index in [1.165, 1.54) is 23.1 Å². The smallest absolute Gasteiger partial charge is 0.269 e.